The number of rotatable bonds is 6. The molecule has 2 aromatic carbocycles. The lowest BCUT2D eigenvalue weighted by Crippen LogP contribution is -2.13. The van der Waals surface area contributed by atoms with E-state index in [2.05, 4.69) is 4.72 Å². The fraction of sp³-hybridized carbons (Fsp3) is 0.0526. The Balaban J connectivity index is 1.98. The number of ether oxygens (including phenoxy) is 1. The molecule has 0 radical (unpaired) electrons. The molecule has 0 atom stereocenters. The molecule has 0 saturated heterocycles. The molecule has 150 valence electrons. The zero-order chi connectivity index (χ0) is 21.2. The number of ketones is 1. The molecule has 0 amide bonds. The summed E-state index contributed by atoms with van der Waals surface area (Å²) in [6.45, 7) is 1.45. The molecule has 1 heterocycles. The van der Waals surface area contributed by atoms with Gasteiger partial charge >= 0.3 is 6.16 Å². The van der Waals surface area contributed by atoms with E-state index in [0.717, 1.165) is 11.3 Å². The van der Waals surface area contributed by atoms with Gasteiger partial charge in [-0.05, 0) is 42.8 Å². The summed E-state index contributed by atoms with van der Waals surface area (Å²) in [6, 6.07) is 13.6. The van der Waals surface area contributed by atoms with Crippen LogP contribution in [0, 0.1) is 0 Å². The number of halogens is 1. The van der Waals surface area contributed by atoms with Crippen LogP contribution < -0.4 is 9.46 Å². The van der Waals surface area contributed by atoms with Gasteiger partial charge in [0.15, 0.2) is 5.78 Å². The number of benzene rings is 2. The highest BCUT2D eigenvalue weighted by Crippen LogP contribution is 2.42. The van der Waals surface area contributed by atoms with E-state index < -0.39 is 16.2 Å². The molecule has 0 bridgehead atoms. The van der Waals surface area contributed by atoms with Gasteiger partial charge in [0.05, 0.1) is 4.90 Å². The van der Waals surface area contributed by atoms with Gasteiger partial charge in [0.1, 0.15) is 5.69 Å². The highest BCUT2D eigenvalue weighted by molar-refractivity contribution is 7.92. The maximum Gasteiger partial charge on any atom is 0.512 e. The predicted molar refractivity (Wildman–Crippen MR) is 111 cm³/mol. The van der Waals surface area contributed by atoms with Crippen LogP contribution in [0.4, 0.5) is 10.5 Å². The van der Waals surface area contributed by atoms with E-state index in [4.69, 9.17) is 21.4 Å². The lowest BCUT2D eigenvalue weighted by molar-refractivity contribution is 0.101. The Morgan fingerprint density at radius 2 is 1.69 bits per heavy atom. The molecule has 0 unspecified atom stereocenters. The first-order valence-corrected chi connectivity index (χ1v) is 10.8. The van der Waals surface area contributed by atoms with E-state index in [9.17, 15) is 18.0 Å². The Morgan fingerprint density at radius 1 is 1.07 bits per heavy atom. The minimum Gasteiger partial charge on any atom is -0.449 e. The summed E-state index contributed by atoms with van der Waals surface area (Å²) in [5.41, 5.74) is 1.18. The van der Waals surface area contributed by atoms with Crippen LogP contribution in [0.5, 0.6) is 5.06 Å². The SMILES string of the molecule is CC(=O)c1ccc(-c2cc(NS(=O)(=O)c3ccc(Cl)cc3)c(OC(=O)O)s2)cc1. The van der Waals surface area contributed by atoms with Crippen LogP contribution in [0.15, 0.2) is 59.5 Å². The third-order valence-electron chi connectivity index (χ3n) is 3.82. The molecule has 7 nitrogen and oxygen atoms in total. The standard InChI is InChI=1S/C19H14ClNO6S2/c1-11(22)12-2-4-13(5-3-12)17-10-16(18(28-17)27-19(23)24)21-29(25,26)15-8-6-14(20)7-9-15/h2-10,21H,1H3,(H,23,24). The van der Waals surface area contributed by atoms with Crippen molar-refractivity contribution in [3.05, 3.63) is 65.2 Å². The molecule has 0 saturated carbocycles. The molecule has 0 aliphatic rings. The summed E-state index contributed by atoms with van der Waals surface area (Å²) in [4.78, 5) is 23.0. The van der Waals surface area contributed by atoms with Crippen molar-refractivity contribution < 1.29 is 27.9 Å². The number of anilines is 1. The monoisotopic (exact) mass is 451 g/mol. The van der Waals surface area contributed by atoms with Crippen LogP contribution in [-0.4, -0.2) is 25.5 Å². The fourth-order valence-corrected chi connectivity index (χ4v) is 4.64. The van der Waals surface area contributed by atoms with E-state index >= 15 is 0 Å². The summed E-state index contributed by atoms with van der Waals surface area (Å²) in [6.07, 6.45) is -1.57. The zero-order valence-corrected chi connectivity index (χ0v) is 17.3. The van der Waals surface area contributed by atoms with Crippen molar-refractivity contribution >= 4 is 50.6 Å². The van der Waals surface area contributed by atoms with Gasteiger partial charge in [0, 0.05) is 15.5 Å². The van der Waals surface area contributed by atoms with E-state index in [0.29, 0.717) is 21.0 Å². The van der Waals surface area contributed by atoms with Gasteiger partial charge in [0.25, 0.3) is 10.0 Å². The van der Waals surface area contributed by atoms with Gasteiger partial charge in [-0.15, -0.1) is 0 Å². The van der Waals surface area contributed by atoms with E-state index in [1.54, 1.807) is 24.3 Å². The first-order chi connectivity index (χ1) is 13.7. The van der Waals surface area contributed by atoms with Crippen molar-refractivity contribution in [3.8, 4) is 15.5 Å². The summed E-state index contributed by atoms with van der Waals surface area (Å²) < 4.78 is 32.3. The van der Waals surface area contributed by atoms with Crippen molar-refractivity contribution in [2.45, 2.75) is 11.8 Å². The van der Waals surface area contributed by atoms with E-state index in [1.807, 2.05) is 0 Å². The summed E-state index contributed by atoms with van der Waals surface area (Å²) in [5.74, 6) is -0.0888. The Kier molecular flexibility index (Phi) is 5.92. The zero-order valence-electron chi connectivity index (χ0n) is 14.9. The van der Waals surface area contributed by atoms with Crippen molar-refractivity contribution in [1.82, 2.24) is 0 Å². The summed E-state index contributed by atoms with van der Waals surface area (Å²) >= 11 is 6.74. The average molecular weight is 452 g/mol. The molecule has 0 aliphatic carbocycles. The lowest BCUT2D eigenvalue weighted by atomic mass is 10.1. The molecule has 3 rings (SSSR count). The minimum atomic E-state index is -3.99. The third kappa shape index (κ3) is 4.94. The maximum atomic E-state index is 12.6. The number of carbonyl (C=O) groups excluding carboxylic acids is 1. The third-order valence-corrected chi connectivity index (χ3v) is 6.52. The molecule has 0 fully saturated rings. The highest BCUT2D eigenvalue weighted by atomic mass is 35.5. The van der Waals surface area contributed by atoms with Crippen LogP contribution in [0.1, 0.15) is 17.3 Å². The summed E-state index contributed by atoms with van der Waals surface area (Å²) in [7, 11) is -3.99. The van der Waals surface area contributed by atoms with Gasteiger partial charge < -0.3 is 9.84 Å². The average Bonchev–Trinajstić information content (AvgIpc) is 3.03. The van der Waals surface area contributed by atoms with Crippen LogP contribution in [0.2, 0.25) is 5.02 Å². The van der Waals surface area contributed by atoms with E-state index in [-0.39, 0.29) is 21.4 Å². The number of thiophene rings is 1. The topological polar surface area (TPSA) is 110 Å². The smallest absolute Gasteiger partial charge is 0.449 e. The molecule has 2 N–H and O–H groups in total. The number of nitrogens with one attached hydrogen (secondary N) is 1. The number of hydrogen-bond donors (Lipinski definition) is 2. The largest absolute Gasteiger partial charge is 0.512 e. The lowest BCUT2D eigenvalue weighted by Gasteiger charge is -2.08. The molecule has 10 heteroatoms. The number of carboxylic acid groups (broad SMARTS) is 1. The maximum absolute atomic E-state index is 12.6. The first-order valence-electron chi connectivity index (χ1n) is 8.10. The predicted octanol–water partition coefficient (Wildman–Crippen LogP) is 5.13. The Labute approximate surface area is 175 Å². The van der Waals surface area contributed by atoms with Gasteiger partial charge in [-0.1, -0.05) is 47.2 Å². The summed E-state index contributed by atoms with van der Waals surface area (Å²) in [5, 5.41) is 9.23. The number of Topliss-reactive ketones (excluding diaryl/α,β-unsaturated/α-hetero) is 1. The van der Waals surface area contributed by atoms with Crippen LogP contribution in [-0.2, 0) is 10.0 Å². The Hall–Kier alpha value is -2.88. The van der Waals surface area contributed by atoms with Crippen LogP contribution in [0.25, 0.3) is 10.4 Å². The normalized spacial score (nSPS) is 11.1. The van der Waals surface area contributed by atoms with Crippen LogP contribution >= 0.6 is 22.9 Å². The second kappa shape index (κ2) is 8.24. The van der Waals surface area contributed by atoms with Crippen LogP contribution in [0.3, 0.4) is 0 Å². The Morgan fingerprint density at radius 3 is 2.24 bits per heavy atom. The molecule has 29 heavy (non-hydrogen) atoms. The number of carbonyl (C=O) groups is 2. The van der Waals surface area contributed by atoms with Crippen molar-refractivity contribution in [2.75, 3.05) is 4.72 Å². The molecular weight excluding hydrogens is 438 g/mol. The number of sulfonamides is 1. The molecule has 0 aliphatic heterocycles. The first kappa shape index (κ1) is 20.8. The molecule has 1 aromatic heterocycles. The highest BCUT2D eigenvalue weighted by Gasteiger charge is 2.21. The number of hydrogen-bond acceptors (Lipinski definition) is 6. The van der Waals surface area contributed by atoms with E-state index in [1.165, 1.54) is 37.3 Å². The minimum absolute atomic E-state index is 0.0157. The fourth-order valence-electron chi connectivity index (χ4n) is 2.43. The second-order valence-electron chi connectivity index (χ2n) is 5.87. The van der Waals surface area contributed by atoms with Gasteiger partial charge in [-0.3, -0.25) is 9.52 Å². The van der Waals surface area contributed by atoms with Gasteiger partial charge in [-0.2, -0.15) is 0 Å². The molecule has 3 aromatic rings. The van der Waals surface area contributed by atoms with Gasteiger partial charge in [0.2, 0.25) is 5.06 Å². The van der Waals surface area contributed by atoms with Crippen molar-refractivity contribution in [1.29, 1.82) is 0 Å². The quantitative estimate of drug-likeness (QED) is 0.397. The van der Waals surface area contributed by atoms with Gasteiger partial charge in [-0.25, -0.2) is 13.2 Å². The molecule has 0 spiro atoms. The van der Waals surface area contributed by atoms with Crippen molar-refractivity contribution in [2.24, 2.45) is 0 Å². The second-order valence-corrected chi connectivity index (χ2v) is 9.01. The molecular formula is C19H14ClNO6S2. The Bertz CT molecular complexity index is 1170. The van der Waals surface area contributed by atoms with Crippen molar-refractivity contribution in [3.63, 3.8) is 0 Å².